The van der Waals surface area contributed by atoms with E-state index in [1.54, 1.807) is 30.6 Å². The van der Waals surface area contributed by atoms with E-state index < -0.39 is 6.43 Å². The van der Waals surface area contributed by atoms with E-state index in [1.807, 2.05) is 0 Å². The summed E-state index contributed by atoms with van der Waals surface area (Å²) in [5.74, 6) is 1.57. The summed E-state index contributed by atoms with van der Waals surface area (Å²) in [5, 5.41) is 0. The van der Waals surface area contributed by atoms with Gasteiger partial charge in [0, 0.05) is 18.0 Å². The molecule has 3 rings (SSSR count). The predicted molar refractivity (Wildman–Crippen MR) is 92.0 cm³/mol. The minimum Gasteiger partial charge on any atom is -0.496 e. The van der Waals surface area contributed by atoms with E-state index in [0.717, 1.165) is 0 Å². The molecule has 0 spiro atoms. The number of pyridine rings is 2. The zero-order chi connectivity index (χ0) is 18.5. The van der Waals surface area contributed by atoms with Crippen LogP contribution in [0.15, 0.2) is 54.9 Å². The molecule has 0 atom stereocenters. The molecule has 0 saturated carbocycles. The lowest BCUT2D eigenvalue weighted by Crippen LogP contribution is -1.98. The van der Waals surface area contributed by atoms with Crippen molar-refractivity contribution in [2.45, 2.75) is 6.43 Å². The lowest BCUT2D eigenvalue weighted by molar-refractivity contribution is 0.151. The Morgan fingerprint density at radius 2 is 1.58 bits per heavy atom. The Labute approximate surface area is 149 Å². The van der Waals surface area contributed by atoms with Gasteiger partial charge in [0.15, 0.2) is 0 Å². The third-order valence-electron chi connectivity index (χ3n) is 3.68. The third-order valence-corrected chi connectivity index (χ3v) is 3.68. The van der Waals surface area contributed by atoms with Crippen molar-refractivity contribution in [2.75, 3.05) is 14.2 Å². The van der Waals surface area contributed by atoms with Crippen LogP contribution < -0.4 is 14.2 Å². The molecule has 0 bridgehead atoms. The average Bonchev–Trinajstić information content (AvgIpc) is 2.68. The van der Waals surface area contributed by atoms with Crippen molar-refractivity contribution in [3.63, 3.8) is 0 Å². The van der Waals surface area contributed by atoms with Crippen molar-refractivity contribution in [1.29, 1.82) is 0 Å². The molecule has 0 unspecified atom stereocenters. The van der Waals surface area contributed by atoms with Crippen molar-refractivity contribution < 1.29 is 23.0 Å². The Hall–Kier alpha value is -3.22. The number of halogens is 2. The van der Waals surface area contributed by atoms with Gasteiger partial charge in [-0.05, 0) is 42.5 Å². The first kappa shape index (κ1) is 17.6. The van der Waals surface area contributed by atoms with Gasteiger partial charge in [-0.1, -0.05) is 0 Å². The number of methoxy groups -OCH3 is 2. The van der Waals surface area contributed by atoms with Crippen LogP contribution >= 0.6 is 0 Å². The summed E-state index contributed by atoms with van der Waals surface area (Å²) >= 11 is 0. The van der Waals surface area contributed by atoms with E-state index in [4.69, 9.17) is 14.2 Å². The van der Waals surface area contributed by atoms with E-state index in [2.05, 4.69) is 9.97 Å². The molecule has 26 heavy (non-hydrogen) atoms. The first-order chi connectivity index (χ1) is 12.6. The molecule has 0 aliphatic heterocycles. The van der Waals surface area contributed by atoms with Gasteiger partial charge in [0.25, 0.3) is 6.43 Å². The lowest BCUT2D eigenvalue weighted by atomic mass is 10.1. The first-order valence-electron chi connectivity index (χ1n) is 7.72. The second-order valence-corrected chi connectivity index (χ2v) is 5.23. The molecule has 3 aromatic rings. The molecule has 5 nitrogen and oxygen atoms in total. The maximum atomic E-state index is 12.7. The number of hydrogen-bond acceptors (Lipinski definition) is 5. The lowest BCUT2D eigenvalue weighted by Gasteiger charge is -2.15. The predicted octanol–water partition coefficient (Wildman–Crippen LogP) is 4.89. The van der Waals surface area contributed by atoms with Gasteiger partial charge in [0.1, 0.15) is 11.5 Å². The van der Waals surface area contributed by atoms with E-state index in [0.29, 0.717) is 28.5 Å². The molecule has 1 aromatic carbocycles. The molecular weight excluding hydrogens is 342 g/mol. The highest BCUT2D eigenvalue weighted by Gasteiger charge is 2.19. The van der Waals surface area contributed by atoms with Crippen LogP contribution in [0, 0.1) is 0 Å². The summed E-state index contributed by atoms with van der Waals surface area (Å²) in [4.78, 5) is 8.44. The Kier molecular flexibility index (Phi) is 5.26. The van der Waals surface area contributed by atoms with Crippen LogP contribution in [-0.4, -0.2) is 24.2 Å². The summed E-state index contributed by atoms with van der Waals surface area (Å²) < 4.78 is 41.9. The van der Waals surface area contributed by atoms with E-state index in [1.165, 1.54) is 38.5 Å². The highest BCUT2D eigenvalue weighted by molar-refractivity contribution is 5.78. The quantitative estimate of drug-likeness (QED) is 0.628. The van der Waals surface area contributed by atoms with Gasteiger partial charge in [-0.15, -0.1) is 0 Å². The fraction of sp³-hybridized carbons (Fsp3) is 0.158. The zero-order valence-electron chi connectivity index (χ0n) is 14.1. The number of alkyl halides is 2. The van der Waals surface area contributed by atoms with Gasteiger partial charge in [-0.25, -0.2) is 18.7 Å². The monoisotopic (exact) mass is 358 g/mol. The number of hydrogen-bond donors (Lipinski definition) is 0. The van der Waals surface area contributed by atoms with Crippen molar-refractivity contribution in [3.05, 3.63) is 60.4 Å². The van der Waals surface area contributed by atoms with E-state index >= 15 is 0 Å². The molecule has 0 aliphatic carbocycles. The molecule has 134 valence electrons. The normalized spacial score (nSPS) is 10.7. The highest BCUT2D eigenvalue weighted by Crippen LogP contribution is 2.41. The minimum atomic E-state index is -2.53. The van der Waals surface area contributed by atoms with Crippen LogP contribution in [0.3, 0.4) is 0 Å². The van der Waals surface area contributed by atoms with Crippen LogP contribution in [0.4, 0.5) is 8.78 Å². The zero-order valence-corrected chi connectivity index (χ0v) is 14.1. The Morgan fingerprint density at radius 1 is 0.846 bits per heavy atom. The van der Waals surface area contributed by atoms with Crippen LogP contribution in [0.1, 0.15) is 12.0 Å². The van der Waals surface area contributed by atoms with Gasteiger partial charge in [0.2, 0.25) is 11.8 Å². The van der Waals surface area contributed by atoms with Gasteiger partial charge < -0.3 is 14.2 Å². The average molecular weight is 358 g/mol. The summed E-state index contributed by atoms with van der Waals surface area (Å²) in [6.07, 6.45) is 0.612. The summed E-state index contributed by atoms with van der Waals surface area (Å²) in [6, 6.07) is 10.8. The maximum absolute atomic E-state index is 12.7. The SMILES string of the molecule is COc1ccnc(OC)c1-c1cccnc1Oc1ccc(C(F)F)cc1. The Bertz CT molecular complexity index is 864. The van der Waals surface area contributed by atoms with Gasteiger partial charge in [-0.2, -0.15) is 0 Å². The first-order valence-corrected chi connectivity index (χ1v) is 7.72. The number of rotatable bonds is 6. The second-order valence-electron chi connectivity index (χ2n) is 5.23. The van der Waals surface area contributed by atoms with Crippen molar-refractivity contribution in [1.82, 2.24) is 9.97 Å². The Morgan fingerprint density at radius 3 is 2.23 bits per heavy atom. The number of benzene rings is 1. The second kappa shape index (κ2) is 7.77. The molecule has 0 saturated heterocycles. The third kappa shape index (κ3) is 3.56. The van der Waals surface area contributed by atoms with Crippen molar-refractivity contribution in [2.24, 2.45) is 0 Å². The van der Waals surface area contributed by atoms with Crippen LogP contribution in [-0.2, 0) is 0 Å². The van der Waals surface area contributed by atoms with E-state index in [9.17, 15) is 8.78 Å². The number of nitrogens with zero attached hydrogens (tertiary/aromatic N) is 2. The van der Waals surface area contributed by atoms with Crippen molar-refractivity contribution >= 4 is 0 Å². The number of ether oxygens (including phenoxy) is 3. The summed E-state index contributed by atoms with van der Waals surface area (Å²) in [5.41, 5.74) is 1.12. The fourth-order valence-corrected chi connectivity index (χ4v) is 2.45. The molecule has 2 heterocycles. The van der Waals surface area contributed by atoms with Crippen LogP contribution in [0.2, 0.25) is 0 Å². The molecule has 0 aliphatic rings. The molecule has 0 amide bonds. The maximum Gasteiger partial charge on any atom is 0.263 e. The smallest absolute Gasteiger partial charge is 0.263 e. The fourth-order valence-electron chi connectivity index (χ4n) is 2.45. The molecule has 0 N–H and O–H groups in total. The van der Waals surface area contributed by atoms with Crippen LogP contribution in [0.5, 0.6) is 23.3 Å². The van der Waals surface area contributed by atoms with Gasteiger partial charge in [0.05, 0.1) is 25.3 Å². The summed E-state index contributed by atoms with van der Waals surface area (Å²) in [7, 11) is 3.05. The number of aromatic nitrogens is 2. The largest absolute Gasteiger partial charge is 0.496 e. The Balaban J connectivity index is 2.02. The molecule has 7 heteroatoms. The molecular formula is C19H16F2N2O3. The summed E-state index contributed by atoms with van der Waals surface area (Å²) in [6.45, 7) is 0. The standard InChI is InChI=1S/C19H16F2N2O3/c1-24-15-9-11-23-19(25-2)16(15)14-4-3-10-22-18(14)26-13-7-5-12(6-8-13)17(20)21/h3-11,17H,1-2H3. The van der Waals surface area contributed by atoms with Gasteiger partial charge in [-0.3, -0.25) is 0 Å². The van der Waals surface area contributed by atoms with Gasteiger partial charge >= 0.3 is 0 Å². The molecule has 2 aromatic heterocycles. The van der Waals surface area contributed by atoms with Crippen molar-refractivity contribution in [3.8, 4) is 34.4 Å². The van der Waals surface area contributed by atoms with Crippen LogP contribution in [0.25, 0.3) is 11.1 Å². The molecule has 0 radical (unpaired) electrons. The molecule has 0 fully saturated rings. The highest BCUT2D eigenvalue weighted by atomic mass is 19.3. The minimum absolute atomic E-state index is 0.0748. The van der Waals surface area contributed by atoms with E-state index in [-0.39, 0.29) is 11.4 Å². The topological polar surface area (TPSA) is 53.5 Å².